The van der Waals surface area contributed by atoms with Gasteiger partial charge in [0.2, 0.25) is 0 Å². The number of alkyl halides is 3. The second kappa shape index (κ2) is 4.86. The van der Waals surface area contributed by atoms with E-state index in [4.69, 9.17) is 0 Å². The molecule has 0 unspecified atom stereocenters. The van der Waals surface area contributed by atoms with Gasteiger partial charge in [-0.3, -0.25) is 0 Å². The number of nitrogens with one attached hydrogen (secondary N) is 1. The minimum absolute atomic E-state index is 0.499. The molecule has 0 bridgehead atoms. The molecule has 0 saturated heterocycles. The fraction of sp³-hybridized carbons (Fsp3) is 0.417. The maximum Gasteiger partial charge on any atom is 0.416 e. The van der Waals surface area contributed by atoms with E-state index in [0.29, 0.717) is 24.1 Å². The van der Waals surface area contributed by atoms with Gasteiger partial charge in [0.1, 0.15) is 0 Å². The Kier molecular flexibility index (Phi) is 3.17. The van der Waals surface area contributed by atoms with Crippen LogP contribution in [0.1, 0.15) is 24.2 Å². The number of aromatic nitrogens is 4. The lowest BCUT2D eigenvalue weighted by atomic mass is 10.2. The van der Waals surface area contributed by atoms with Crippen molar-refractivity contribution < 1.29 is 13.2 Å². The minimum atomic E-state index is -4.34. The molecule has 1 aliphatic rings. The van der Waals surface area contributed by atoms with Gasteiger partial charge in [-0.25, -0.2) is 0 Å². The normalized spacial score (nSPS) is 15.6. The van der Waals surface area contributed by atoms with E-state index in [1.807, 2.05) is 0 Å². The largest absolute Gasteiger partial charge is 0.416 e. The van der Waals surface area contributed by atoms with Gasteiger partial charge in [0.25, 0.3) is 0 Å². The third kappa shape index (κ3) is 2.79. The molecule has 3 rings (SSSR count). The number of hydrogen-bond acceptors (Lipinski definition) is 4. The van der Waals surface area contributed by atoms with Crippen LogP contribution in [0.15, 0.2) is 24.3 Å². The molecule has 1 fully saturated rings. The van der Waals surface area contributed by atoms with Crippen molar-refractivity contribution in [2.75, 3.05) is 0 Å². The molecule has 0 aliphatic heterocycles. The lowest BCUT2D eigenvalue weighted by Gasteiger charge is -2.08. The lowest BCUT2D eigenvalue weighted by molar-refractivity contribution is -0.137. The number of rotatable bonds is 4. The second-order valence-corrected chi connectivity index (χ2v) is 4.71. The molecule has 0 amide bonds. The van der Waals surface area contributed by atoms with E-state index in [-0.39, 0.29) is 0 Å². The Hall–Kier alpha value is -1.96. The third-order valence-electron chi connectivity index (χ3n) is 3.10. The summed E-state index contributed by atoms with van der Waals surface area (Å²) in [7, 11) is 0. The summed E-state index contributed by atoms with van der Waals surface area (Å²) < 4.78 is 38.9. The molecule has 1 aromatic heterocycles. The first kappa shape index (κ1) is 13.0. The summed E-state index contributed by atoms with van der Waals surface area (Å²) in [5, 5.41) is 14.5. The molecule has 20 heavy (non-hydrogen) atoms. The van der Waals surface area contributed by atoms with Crippen LogP contribution in [0.5, 0.6) is 0 Å². The van der Waals surface area contributed by atoms with E-state index in [2.05, 4.69) is 20.8 Å². The van der Waals surface area contributed by atoms with Gasteiger partial charge in [-0.15, -0.1) is 5.10 Å². The summed E-state index contributed by atoms with van der Waals surface area (Å²) >= 11 is 0. The fourth-order valence-electron chi connectivity index (χ4n) is 1.83. The number of benzene rings is 1. The summed E-state index contributed by atoms with van der Waals surface area (Å²) in [4.78, 5) is 0. The van der Waals surface area contributed by atoms with E-state index >= 15 is 0 Å². The fourth-order valence-corrected chi connectivity index (χ4v) is 1.83. The van der Waals surface area contributed by atoms with Gasteiger partial charge in [0.05, 0.1) is 17.8 Å². The molecule has 0 spiro atoms. The number of hydrogen-bond donors (Lipinski definition) is 1. The van der Waals surface area contributed by atoms with Crippen LogP contribution in [0.4, 0.5) is 13.2 Å². The molecule has 2 aromatic rings. The van der Waals surface area contributed by atoms with Crippen molar-refractivity contribution in [1.29, 1.82) is 0 Å². The maximum absolute atomic E-state index is 12.5. The quantitative estimate of drug-likeness (QED) is 0.931. The Morgan fingerprint density at radius 3 is 2.50 bits per heavy atom. The lowest BCUT2D eigenvalue weighted by Crippen LogP contribution is -2.19. The molecular weight excluding hydrogens is 271 g/mol. The van der Waals surface area contributed by atoms with Gasteiger partial charge in [-0.2, -0.15) is 17.9 Å². The van der Waals surface area contributed by atoms with Crippen LogP contribution < -0.4 is 5.32 Å². The van der Waals surface area contributed by atoms with Crippen molar-refractivity contribution in [3.05, 3.63) is 35.7 Å². The van der Waals surface area contributed by atoms with Crippen LogP contribution in [0, 0.1) is 0 Å². The van der Waals surface area contributed by atoms with E-state index in [1.165, 1.54) is 16.8 Å². The highest BCUT2D eigenvalue weighted by molar-refractivity contribution is 5.35. The van der Waals surface area contributed by atoms with Crippen LogP contribution in [0.3, 0.4) is 0 Å². The third-order valence-corrected chi connectivity index (χ3v) is 3.10. The standard InChI is InChI=1S/C12H12F3N5/c13-12(14,15)8-1-5-10(6-2-8)20-11(17-18-19-20)7-16-9-3-4-9/h1-2,5-6,9,16H,3-4,7H2. The second-order valence-electron chi connectivity index (χ2n) is 4.71. The Labute approximate surface area is 112 Å². The molecule has 1 aromatic carbocycles. The van der Waals surface area contributed by atoms with Crippen LogP contribution in [-0.4, -0.2) is 26.2 Å². The molecule has 106 valence electrons. The zero-order chi connectivity index (χ0) is 14.2. The summed E-state index contributed by atoms with van der Waals surface area (Å²) in [6.45, 7) is 0.499. The summed E-state index contributed by atoms with van der Waals surface area (Å²) in [6.07, 6.45) is -2.06. The summed E-state index contributed by atoms with van der Waals surface area (Å²) in [5.41, 5.74) is -0.178. The molecule has 0 atom stereocenters. The Morgan fingerprint density at radius 1 is 1.20 bits per heavy atom. The Bertz CT molecular complexity index is 586. The Morgan fingerprint density at radius 2 is 1.90 bits per heavy atom. The molecule has 0 radical (unpaired) electrons. The van der Waals surface area contributed by atoms with E-state index in [1.54, 1.807) is 0 Å². The van der Waals surface area contributed by atoms with Crippen molar-refractivity contribution in [3.8, 4) is 5.69 Å². The predicted octanol–water partition coefficient (Wildman–Crippen LogP) is 1.93. The van der Waals surface area contributed by atoms with Crippen LogP contribution in [0.25, 0.3) is 5.69 Å². The average molecular weight is 283 g/mol. The van der Waals surface area contributed by atoms with Crippen molar-refractivity contribution in [2.24, 2.45) is 0 Å². The first-order chi connectivity index (χ1) is 9.54. The van der Waals surface area contributed by atoms with Crippen molar-refractivity contribution in [2.45, 2.75) is 31.6 Å². The first-order valence-corrected chi connectivity index (χ1v) is 6.22. The summed E-state index contributed by atoms with van der Waals surface area (Å²) in [5.74, 6) is 0.580. The van der Waals surface area contributed by atoms with Gasteiger partial charge >= 0.3 is 6.18 Å². The predicted molar refractivity (Wildman–Crippen MR) is 64.0 cm³/mol. The van der Waals surface area contributed by atoms with E-state index in [9.17, 15) is 13.2 Å². The molecule has 1 heterocycles. The molecule has 1 aliphatic carbocycles. The molecule has 5 nitrogen and oxygen atoms in total. The Balaban J connectivity index is 1.79. The van der Waals surface area contributed by atoms with E-state index < -0.39 is 11.7 Å². The topological polar surface area (TPSA) is 55.6 Å². The molecular formula is C12H12F3N5. The van der Waals surface area contributed by atoms with Crippen molar-refractivity contribution in [1.82, 2.24) is 25.5 Å². The monoisotopic (exact) mass is 283 g/mol. The van der Waals surface area contributed by atoms with Crippen molar-refractivity contribution in [3.63, 3.8) is 0 Å². The zero-order valence-corrected chi connectivity index (χ0v) is 10.4. The number of halogens is 3. The van der Waals surface area contributed by atoms with Gasteiger partial charge < -0.3 is 5.32 Å². The maximum atomic E-state index is 12.5. The minimum Gasteiger partial charge on any atom is -0.307 e. The SMILES string of the molecule is FC(F)(F)c1ccc(-n2nnnc2CNC2CC2)cc1. The van der Waals surface area contributed by atoms with Crippen LogP contribution in [0.2, 0.25) is 0 Å². The molecule has 8 heteroatoms. The van der Waals surface area contributed by atoms with Crippen LogP contribution >= 0.6 is 0 Å². The van der Waals surface area contributed by atoms with Gasteiger partial charge in [0.15, 0.2) is 5.82 Å². The number of tetrazole rings is 1. The van der Waals surface area contributed by atoms with Crippen molar-refractivity contribution >= 4 is 0 Å². The molecule has 1 N–H and O–H groups in total. The van der Waals surface area contributed by atoms with Gasteiger partial charge in [-0.05, 0) is 47.5 Å². The average Bonchev–Trinajstić information content (AvgIpc) is 3.12. The van der Waals surface area contributed by atoms with Gasteiger partial charge in [-0.1, -0.05) is 0 Å². The first-order valence-electron chi connectivity index (χ1n) is 6.22. The van der Waals surface area contributed by atoms with Crippen LogP contribution in [-0.2, 0) is 12.7 Å². The number of nitrogens with zero attached hydrogens (tertiary/aromatic N) is 4. The highest BCUT2D eigenvalue weighted by atomic mass is 19.4. The smallest absolute Gasteiger partial charge is 0.307 e. The molecule has 1 saturated carbocycles. The van der Waals surface area contributed by atoms with Gasteiger partial charge in [0, 0.05) is 6.04 Å². The highest BCUT2D eigenvalue weighted by Crippen LogP contribution is 2.29. The summed E-state index contributed by atoms with van der Waals surface area (Å²) in [6, 6.07) is 5.27. The zero-order valence-electron chi connectivity index (χ0n) is 10.4. The van der Waals surface area contributed by atoms with E-state index in [0.717, 1.165) is 25.0 Å². The highest BCUT2D eigenvalue weighted by Gasteiger charge is 2.30.